The lowest BCUT2D eigenvalue weighted by Gasteiger charge is -2.25. The summed E-state index contributed by atoms with van der Waals surface area (Å²) in [6, 6.07) is 5.55. The van der Waals surface area contributed by atoms with E-state index in [1.807, 2.05) is 26.0 Å². The molecule has 0 bridgehead atoms. The minimum absolute atomic E-state index is 0.00772. The third-order valence-electron chi connectivity index (χ3n) is 3.32. The van der Waals surface area contributed by atoms with Gasteiger partial charge in [0.2, 0.25) is 5.91 Å². The second-order valence-electron chi connectivity index (χ2n) is 5.20. The van der Waals surface area contributed by atoms with E-state index in [1.54, 1.807) is 6.07 Å². The van der Waals surface area contributed by atoms with Crippen molar-refractivity contribution in [2.75, 3.05) is 25.1 Å². The first-order chi connectivity index (χ1) is 10.6. The lowest BCUT2D eigenvalue weighted by molar-refractivity contribution is -0.130. The lowest BCUT2D eigenvalue weighted by Crippen LogP contribution is -2.41. The van der Waals surface area contributed by atoms with Crippen LogP contribution in [-0.2, 0) is 14.3 Å². The molecule has 1 atom stereocenters. The van der Waals surface area contributed by atoms with Crippen LogP contribution in [0.25, 0.3) is 0 Å². The molecular weight excluding hydrogens is 284 g/mol. The quantitative estimate of drug-likeness (QED) is 0.751. The molecule has 22 heavy (non-hydrogen) atoms. The van der Waals surface area contributed by atoms with Gasteiger partial charge in [-0.15, -0.1) is 0 Å². The van der Waals surface area contributed by atoms with Gasteiger partial charge < -0.3 is 20.1 Å². The molecule has 1 aromatic rings. The van der Waals surface area contributed by atoms with Gasteiger partial charge in [-0.3, -0.25) is 9.59 Å². The molecule has 1 heterocycles. The first kappa shape index (κ1) is 16.3. The number of rotatable bonds is 7. The van der Waals surface area contributed by atoms with Crippen molar-refractivity contribution in [2.45, 2.75) is 32.8 Å². The van der Waals surface area contributed by atoms with Gasteiger partial charge in [0.05, 0.1) is 12.1 Å². The Bertz CT molecular complexity index is 545. The minimum atomic E-state index is -0.790. The molecule has 2 amide bonds. The molecule has 0 fully saturated rings. The summed E-state index contributed by atoms with van der Waals surface area (Å²) in [7, 11) is 0. The highest BCUT2D eigenvalue weighted by molar-refractivity contribution is 6.00. The largest absolute Gasteiger partial charge is 0.478 e. The first-order valence-electron chi connectivity index (χ1n) is 7.52. The van der Waals surface area contributed by atoms with Gasteiger partial charge in [-0.05, 0) is 38.0 Å². The average molecular weight is 306 g/mol. The van der Waals surface area contributed by atoms with Crippen molar-refractivity contribution in [3.8, 4) is 5.75 Å². The van der Waals surface area contributed by atoms with E-state index in [-0.39, 0.29) is 18.2 Å². The van der Waals surface area contributed by atoms with E-state index >= 15 is 0 Å². The van der Waals surface area contributed by atoms with Crippen LogP contribution in [0.2, 0.25) is 0 Å². The van der Waals surface area contributed by atoms with Gasteiger partial charge in [0, 0.05) is 19.8 Å². The number of benzene rings is 1. The number of ether oxygens (including phenoxy) is 2. The smallest absolute Gasteiger partial charge is 0.266 e. The molecule has 6 heteroatoms. The van der Waals surface area contributed by atoms with E-state index in [2.05, 4.69) is 10.6 Å². The maximum atomic E-state index is 12.0. The average Bonchev–Trinajstić information content (AvgIpc) is 2.48. The van der Waals surface area contributed by atoms with E-state index < -0.39 is 6.10 Å². The SMILES string of the molecule is CCOCCCNC(=O)C[C@H]1Oc2ccc(C)cc2NC1=O. The van der Waals surface area contributed by atoms with Gasteiger partial charge in [-0.1, -0.05) is 6.07 Å². The minimum Gasteiger partial charge on any atom is -0.478 e. The molecule has 1 aliphatic rings. The third kappa shape index (κ3) is 4.46. The van der Waals surface area contributed by atoms with Gasteiger partial charge >= 0.3 is 0 Å². The number of carbonyl (C=O) groups excluding carboxylic acids is 2. The molecule has 0 saturated heterocycles. The molecule has 6 nitrogen and oxygen atoms in total. The molecule has 0 aliphatic carbocycles. The Morgan fingerprint density at radius 1 is 1.45 bits per heavy atom. The standard InChI is InChI=1S/C16H22N2O4/c1-3-21-8-4-7-17-15(19)10-14-16(20)18-12-9-11(2)5-6-13(12)22-14/h5-6,9,14H,3-4,7-8,10H2,1-2H3,(H,17,19)(H,18,20)/t14-/m1/s1. The molecular formula is C16H22N2O4. The molecule has 1 aliphatic heterocycles. The third-order valence-corrected chi connectivity index (χ3v) is 3.32. The highest BCUT2D eigenvalue weighted by atomic mass is 16.5. The maximum absolute atomic E-state index is 12.0. The Hall–Kier alpha value is -2.08. The van der Waals surface area contributed by atoms with Crippen molar-refractivity contribution in [2.24, 2.45) is 0 Å². The van der Waals surface area contributed by atoms with E-state index in [9.17, 15) is 9.59 Å². The Labute approximate surface area is 130 Å². The predicted octanol–water partition coefficient (Wildman–Crippen LogP) is 1.63. The molecule has 2 rings (SSSR count). The summed E-state index contributed by atoms with van der Waals surface area (Å²) in [6.07, 6.45) is -0.0326. The van der Waals surface area contributed by atoms with E-state index in [4.69, 9.17) is 9.47 Å². The van der Waals surface area contributed by atoms with Gasteiger partial charge in [0.1, 0.15) is 5.75 Å². The monoisotopic (exact) mass is 306 g/mol. The van der Waals surface area contributed by atoms with Crippen LogP contribution in [0, 0.1) is 6.92 Å². The number of aryl methyl sites for hydroxylation is 1. The number of hydrogen-bond donors (Lipinski definition) is 2. The number of anilines is 1. The predicted molar refractivity (Wildman–Crippen MR) is 83.0 cm³/mol. The van der Waals surface area contributed by atoms with Crippen LogP contribution in [0.1, 0.15) is 25.3 Å². The maximum Gasteiger partial charge on any atom is 0.266 e. The van der Waals surface area contributed by atoms with Crippen molar-refractivity contribution < 1.29 is 19.1 Å². The van der Waals surface area contributed by atoms with Gasteiger partial charge in [0.15, 0.2) is 6.10 Å². The number of hydrogen-bond acceptors (Lipinski definition) is 4. The van der Waals surface area contributed by atoms with Crippen molar-refractivity contribution in [1.82, 2.24) is 5.32 Å². The number of fused-ring (bicyclic) bond motifs is 1. The second kappa shape index (κ2) is 7.79. The normalized spacial score (nSPS) is 16.5. The van der Waals surface area contributed by atoms with Gasteiger partial charge in [-0.2, -0.15) is 0 Å². The van der Waals surface area contributed by atoms with Gasteiger partial charge in [-0.25, -0.2) is 0 Å². The van der Waals surface area contributed by atoms with Crippen molar-refractivity contribution >= 4 is 17.5 Å². The zero-order valence-corrected chi connectivity index (χ0v) is 13.0. The highest BCUT2D eigenvalue weighted by Crippen LogP contribution is 2.30. The van der Waals surface area contributed by atoms with Crippen LogP contribution in [0.4, 0.5) is 5.69 Å². The number of carbonyl (C=O) groups is 2. The molecule has 0 unspecified atom stereocenters. The summed E-state index contributed by atoms with van der Waals surface area (Å²) < 4.78 is 10.8. The first-order valence-corrected chi connectivity index (χ1v) is 7.52. The van der Waals surface area contributed by atoms with E-state index in [0.717, 1.165) is 12.0 Å². The van der Waals surface area contributed by atoms with Crippen molar-refractivity contribution in [1.29, 1.82) is 0 Å². The Morgan fingerprint density at radius 2 is 2.27 bits per heavy atom. The van der Waals surface area contributed by atoms with Crippen LogP contribution < -0.4 is 15.4 Å². The Morgan fingerprint density at radius 3 is 3.05 bits per heavy atom. The molecule has 0 saturated carbocycles. The molecule has 120 valence electrons. The summed E-state index contributed by atoms with van der Waals surface area (Å²) >= 11 is 0. The fourth-order valence-electron chi connectivity index (χ4n) is 2.19. The Kier molecular flexibility index (Phi) is 5.77. The zero-order chi connectivity index (χ0) is 15.9. The van der Waals surface area contributed by atoms with Crippen LogP contribution in [0.3, 0.4) is 0 Å². The van der Waals surface area contributed by atoms with Crippen molar-refractivity contribution in [3.05, 3.63) is 23.8 Å². The van der Waals surface area contributed by atoms with Crippen LogP contribution in [-0.4, -0.2) is 37.7 Å². The fourth-order valence-corrected chi connectivity index (χ4v) is 2.19. The molecule has 0 radical (unpaired) electrons. The van der Waals surface area contributed by atoms with Crippen LogP contribution in [0.5, 0.6) is 5.75 Å². The summed E-state index contributed by atoms with van der Waals surface area (Å²) in [5.41, 5.74) is 1.69. The summed E-state index contributed by atoms with van der Waals surface area (Å²) in [4.78, 5) is 23.8. The second-order valence-corrected chi connectivity index (χ2v) is 5.20. The summed E-state index contributed by atoms with van der Waals surface area (Å²) in [5.74, 6) is 0.106. The van der Waals surface area contributed by atoms with Crippen molar-refractivity contribution in [3.63, 3.8) is 0 Å². The Balaban J connectivity index is 1.82. The topological polar surface area (TPSA) is 76.7 Å². The number of nitrogens with one attached hydrogen (secondary N) is 2. The summed E-state index contributed by atoms with van der Waals surface area (Å²) in [6.45, 7) is 5.68. The van der Waals surface area contributed by atoms with E-state index in [1.165, 1.54) is 0 Å². The van der Waals surface area contributed by atoms with Crippen LogP contribution >= 0.6 is 0 Å². The van der Waals surface area contributed by atoms with Crippen LogP contribution in [0.15, 0.2) is 18.2 Å². The number of amides is 2. The van der Waals surface area contributed by atoms with Gasteiger partial charge in [0.25, 0.3) is 5.91 Å². The zero-order valence-electron chi connectivity index (χ0n) is 13.0. The lowest BCUT2D eigenvalue weighted by atomic mass is 10.1. The highest BCUT2D eigenvalue weighted by Gasteiger charge is 2.29. The fraction of sp³-hybridized carbons (Fsp3) is 0.500. The molecule has 0 aromatic heterocycles. The molecule has 0 spiro atoms. The molecule has 1 aromatic carbocycles. The molecule has 2 N–H and O–H groups in total. The summed E-state index contributed by atoms with van der Waals surface area (Å²) in [5, 5.41) is 5.54. The van der Waals surface area contributed by atoms with E-state index in [0.29, 0.717) is 31.2 Å².